The van der Waals surface area contributed by atoms with E-state index in [1.807, 2.05) is 50.2 Å². The smallest absolute Gasteiger partial charge is 0.351 e. The van der Waals surface area contributed by atoms with E-state index in [9.17, 15) is 22.4 Å². The summed E-state index contributed by atoms with van der Waals surface area (Å²) in [5.74, 6) is -1.18. The van der Waals surface area contributed by atoms with Gasteiger partial charge in [-0.2, -0.15) is 18.4 Å². The third-order valence-corrected chi connectivity index (χ3v) is 6.21. The molecule has 1 aliphatic rings. The lowest BCUT2D eigenvalue weighted by atomic mass is 9.97. The van der Waals surface area contributed by atoms with Crippen molar-refractivity contribution in [3.8, 4) is 6.07 Å². The quantitative estimate of drug-likeness (QED) is 0.133. The minimum absolute atomic E-state index is 0.192. The second-order valence-corrected chi connectivity index (χ2v) is 9.29. The average molecular weight is 565 g/mol. The van der Waals surface area contributed by atoms with Crippen molar-refractivity contribution in [1.29, 1.82) is 5.26 Å². The molecule has 0 saturated heterocycles. The van der Waals surface area contributed by atoms with E-state index in [4.69, 9.17) is 5.26 Å². The number of carbonyl (C=O) groups excluding carboxylic acids is 1. The molecule has 3 aromatic carbocycles. The van der Waals surface area contributed by atoms with Crippen LogP contribution in [0.5, 0.6) is 0 Å². The van der Waals surface area contributed by atoms with Gasteiger partial charge < -0.3 is 16.0 Å². The molecule has 1 unspecified atom stereocenters. The average Bonchev–Trinajstić information content (AvgIpc) is 3.80. The van der Waals surface area contributed by atoms with Crippen LogP contribution in [0.3, 0.4) is 0 Å². The molecule has 0 aliphatic heterocycles. The van der Waals surface area contributed by atoms with Crippen molar-refractivity contribution in [1.82, 2.24) is 5.32 Å². The third-order valence-electron chi connectivity index (χ3n) is 6.21. The molecule has 4 rings (SSSR count). The van der Waals surface area contributed by atoms with Gasteiger partial charge in [-0.15, -0.1) is 0 Å². The SMILES string of the molecule is C=C(/C=C(\Nc1cccc(C#N)c1)C(=O)Nc1cc(C(NCC2CC2)c2ccccc2)ccc1F)C(F)(F)F.CC. The predicted octanol–water partition coefficient (Wildman–Crippen LogP) is 7.87. The molecule has 214 valence electrons. The molecule has 0 heterocycles. The summed E-state index contributed by atoms with van der Waals surface area (Å²) in [7, 11) is 0. The highest BCUT2D eigenvalue weighted by atomic mass is 19.4. The highest BCUT2D eigenvalue weighted by molar-refractivity contribution is 6.06. The summed E-state index contributed by atoms with van der Waals surface area (Å²) in [6.45, 7) is 7.78. The van der Waals surface area contributed by atoms with Crippen molar-refractivity contribution in [3.05, 3.63) is 119 Å². The standard InChI is InChI=1S/C30H26F4N4O.C2H6/c1-19(30(32,33)34)14-27(37-24-9-5-6-21(15-24)17-35)29(39)38-26-16-23(12-13-25(26)31)28(36-18-20-10-11-20)22-7-3-2-4-8-22;1-2/h2-9,12-16,20,28,36-37H,1,10-11,18H2,(H,38,39);1-2H3/b27-14-;. The zero-order chi connectivity index (χ0) is 30.0. The summed E-state index contributed by atoms with van der Waals surface area (Å²) in [6.07, 6.45) is -1.97. The first-order valence-electron chi connectivity index (χ1n) is 13.3. The molecular weight excluding hydrogens is 532 g/mol. The summed E-state index contributed by atoms with van der Waals surface area (Å²) in [4.78, 5) is 13.2. The van der Waals surface area contributed by atoms with Gasteiger partial charge in [0.25, 0.3) is 5.91 Å². The van der Waals surface area contributed by atoms with Crippen molar-refractivity contribution in [2.24, 2.45) is 5.92 Å². The molecule has 1 saturated carbocycles. The number of amides is 1. The lowest BCUT2D eigenvalue weighted by Gasteiger charge is -2.21. The highest BCUT2D eigenvalue weighted by Crippen LogP contribution is 2.32. The van der Waals surface area contributed by atoms with Crippen LogP contribution in [0.15, 0.2) is 96.7 Å². The first kappa shape index (κ1) is 31.1. The molecule has 0 radical (unpaired) electrons. The van der Waals surface area contributed by atoms with Gasteiger partial charge in [0, 0.05) is 5.69 Å². The minimum Gasteiger partial charge on any atom is -0.351 e. The van der Waals surface area contributed by atoms with E-state index in [1.165, 1.54) is 36.4 Å². The van der Waals surface area contributed by atoms with Crippen molar-refractivity contribution in [2.75, 3.05) is 17.2 Å². The normalized spacial score (nSPS) is 13.7. The largest absolute Gasteiger partial charge is 0.415 e. The molecule has 5 nitrogen and oxygen atoms in total. The van der Waals surface area contributed by atoms with Gasteiger partial charge in [-0.3, -0.25) is 4.79 Å². The molecule has 1 amide bonds. The van der Waals surface area contributed by atoms with Gasteiger partial charge in [-0.25, -0.2) is 4.39 Å². The number of halogens is 4. The van der Waals surface area contributed by atoms with Gasteiger partial charge in [-0.05, 0) is 72.8 Å². The Morgan fingerprint density at radius 2 is 1.73 bits per heavy atom. The van der Waals surface area contributed by atoms with Crippen LogP contribution in [0, 0.1) is 23.1 Å². The van der Waals surface area contributed by atoms with Crippen LogP contribution in [-0.4, -0.2) is 18.6 Å². The van der Waals surface area contributed by atoms with Gasteiger partial charge in [-0.1, -0.05) is 62.9 Å². The molecule has 9 heteroatoms. The number of allylic oxidation sites excluding steroid dienone is 2. The molecule has 3 aromatic rings. The number of anilines is 2. The fourth-order valence-electron chi connectivity index (χ4n) is 3.92. The number of benzene rings is 3. The Kier molecular flexibility index (Phi) is 10.8. The minimum atomic E-state index is -4.79. The Hall–Kier alpha value is -4.42. The van der Waals surface area contributed by atoms with Crippen LogP contribution < -0.4 is 16.0 Å². The number of nitrogens with one attached hydrogen (secondary N) is 3. The Balaban J connectivity index is 0.00000226. The second-order valence-electron chi connectivity index (χ2n) is 9.29. The van der Waals surface area contributed by atoms with Gasteiger partial charge >= 0.3 is 6.18 Å². The number of carbonyl (C=O) groups is 1. The van der Waals surface area contributed by atoms with Gasteiger partial charge in [0.2, 0.25) is 0 Å². The Morgan fingerprint density at radius 3 is 2.37 bits per heavy atom. The molecule has 1 aliphatic carbocycles. The van der Waals surface area contributed by atoms with Crippen LogP contribution >= 0.6 is 0 Å². The van der Waals surface area contributed by atoms with Gasteiger partial charge in [0.15, 0.2) is 0 Å². The zero-order valence-corrected chi connectivity index (χ0v) is 22.9. The number of nitrogens with zero attached hydrogens (tertiary/aromatic N) is 1. The van der Waals surface area contributed by atoms with E-state index in [2.05, 4.69) is 22.5 Å². The molecule has 0 bridgehead atoms. The summed E-state index contributed by atoms with van der Waals surface area (Å²) in [5, 5.41) is 17.6. The summed E-state index contributed by atoms with van der Waals surface area (Å²) < 4.78 is 54.6. The number of hydrogen-bond donors (Lipinski definition) is 3. The Labute approximate surface area is 237 Å². The molecule has 41 heavy (non-hydrogen) atoms. The van der Waals surface area contributed by atoms with E-state index in [0.717, 1.165) is 24.9 Å². The molecule has 0 aromatic heterocycles. The summed E-state index contributed by atoms with van der Waals surface area (Å²) >= 11 is 0. The molecule has 1 atom stereocenters. The van der Waals surface area contributed by atoms with E-state index in [1.54, 1.807) is 6.07 Å². The maximum absolute atomic E-state index is 14.9. The topological polar surface area (TPSA) is 77.0 Å². The first-order chi connectivity index (χ1) is 19.6. The fraction of sp³-hybridized carbons (Fsp3) is 0.250. The van der Waals surface area contributed by atoms with Crippen LogP contribution in [0.25, 0.3) is 0 Å². The number of nitriles is 1. The van der Waals surface area contributed by atoms with Gasteiger partial charge in [0.1, 0.15) is 11.5 Å². The fourth-order valence-corrected chi connectivity index (χ4v) is 3.92. The third kappa shape index (κ3) is 9.05. The number of hydrogen-bond acceptors (Lipinski definition) is 4. The van der Waals surface area contributed by atoms with Crippen LogP contribution in [0.1, 0.15) is 49.4 Å². The van der Waals surface area contributed by atoms with Gasteiger partial charge in [0.05, 0.1) is 28.9 Å². The van der Waals surface area contributed by atoms with E-state index >= 15 is 0 Å². The molecule has 3 N–H and O–H groups in total. The molecule has 1 fully saturated rings. The Morgan fingerprint density at radius 1 is 1.02 bits per heavy atom. The monoisotopic (exact) mass is 564 g/mol. The second kappa shape index (κ2) is 14.3. The van der Waals surface area contributed by atoms with Crippen molar-refractivity contribution >= 4 is 17.3 Å². The number of rotatable bonds is 10. The summed E-state index contributed by atoms with van der Waals surface area (Å²) in [6, 6.07) is 21.3. The van der Waals surface area contributed by atoms with Crippen LogP contribution in [0.4, 0.5) is 28.9 Å². The lowest BCUT2D eigenvalue weighted by Crippen LogP contribution is -2.25. The number of alkyl halides is 3. The Bertz CT molecular complexity index is 1420. The van der Waals surface area contributed by atoms with Crippen molar-refractivity contribution < 1.29 is 22.4 Å². The van der Waals surface area contributed by atoms with Crippen molar-refractivity contribution in [2.45, 2.75) is 38.9 Å². The van der Waals surface area contributed by atoms with Crippen molar-refractivity contribution in [3.63, 3.8) is 0 Å². The maximum Gasteiger partial charge on any atom is 0.415 e. The van der Waals surface area contributed by atoms with Crippen LogP contribution in [-0.2, 0) is 4.79 Å². The highest BCUT2D eigenvalue weighted by Gasteiger charge is 2.31. The van der Waals surface area contributed by atoms with Crippen LogP contribution in [0.2, 0.25) is 0 Å². The van der Waals surface area contributed by atoms with E-state index in [-0.39, 0.29) is 23.0 Å². The first-order valence-corrected chi connectivity index (χ1v) is 13.3. The van der Waals surface area contributed by atoms with E-state index < -0.39 is 29.2 Å². The summed E-state index contributed by atoms with van der Waals surface area (Å²) in [5.41, 5.74) is 0.0686. The predicted molar refractivity (Wildman–Crippen MR) is 153 cm³/mol. The molecular formula is C32H32F4N4O. The zero-order valence-electron chi connectivity index (χ0n) is 22.9. The maximum atomic E-state index is 14.9. The lowest BCUT2D eigenvalue weighted by molar-refractivity contribution is -0.112. The molecule has 0 spiro atoms. The van der Waals surface area contributed by atoms with E-state index in [0.29, 0.717) is 17.6 Å².